The van der Waals surface area contributed by atoms with Crippen LogP contribution < -0.4 is 5.01 Å². The van der Waals surface area contributed by atoms with Crippen LogP contribution in [0.2, 0.25) is 0 Å². The summed E-state index contributed by atoms with van der Waals surface area (Å²) in [5.74, 6) is 1.74. The van der Waals surface area contributed by atoms with Crippen molar-refractivity contribution in [2.24, 2.45) is 5.10 Å². The van der Waals surface area contributed by atoms with Crippen molar-refractivity contribution in [2.75, 3.05) is 5.01 Å². The number of rotatable bonds is 3. The van der Waals surface area contributed by atoms with Crippen molar-refractivity contribution in [3.63, 3.8) is 0 Å². The number of aromatic nitrogens is 1. The van der Waals surface area contributed by atoms with E-state index in [1.165, 1.54) is 18.2 Å². The number of aryl methyl sites for hydroxylation is 1. The Bertz CT molecular complexity index is 1290. The first-order valence-corrected chi connectivity index (χ1v) is 9.52. The minimum atomic E-state index is -4.79. The van der Waals surface area contributed by atoms with Crippen molar-refractivity contribution < 1.29 is 18.0 Å². The fraction of sp³-hybridized carbons (Fsp3) is 0.167. The molecule has 31 heavy (non-hydrogen) atoms. The zero-order valence-corrected chi connectivity index (χ0v) is 16.9. The summed E-state index contributed by atoms with van der Waals surface area (Å²) >= 11 is 0. The van der Waals surface area contributed by atoms with Gasteiger partial charge in [0.1, 0.15) is 0 Å². The Hall–Kier alpha value is -3.79. The molecule has 0 bridgehead atoms. The zero-order chi connectivity index (χ0) is 22.3. The number of hydrazone groups is 1. The summed E-state index contributed by atoms with van der Waals surface area (Å²) in [6.07, 6.45) is 1.99. The molecular weight excluding hydrogens is 403 g/mol. The summed E-state index contributed by atoms with van der Waals surface area (Å²) in [5.41, 5.74) is 1.48. The van der Waals surface area contributed by atoms with E-state index in [9.17, 15) is 18.0 Å². The summed E-state index contributed by atoms with van der Waals surface area (Å²) in [6.45, 7) is 3.93. The third-order valence-electron chi connectivity index (χ3n) is 5.21. The van der Waals surface area contributed by atoms with Crippen molar-refractivity contribution in [3.8, 4) is 12.3 Å². The number of anilines is 1. The number of benzene rings is 2. The van der Waals surface area contributed by atoms with E-state index in [0.29, 0.717) is 11.3 Å². The molecule has 0 saturated heterocycles. The van der Waals surface area contributed by atoms with Crippen molar-refractivity contribution in [3.05, 3.63) is 70.9 Å². The van der Waals surface area contributed by atoms with Crippen LogP contribution in [-0.4, -0.2) is 22.4 Å². The average molecular weight is 421 g/mol. The van der Waals surface area contributed by atoms with Gasteiger partial charge in [-0.05, 0) is 44.2 Å². The van der Waals surface area contributed by atoms with Crippen molar-refractivity contribution >= 4 is 34.3 Å². The number of alkyl halides is 3. The van der Waals surface area contributed by atoms with E-state index in [1.54, 1.807) is 25.1 Å². The van der Waals surface area contributed by atoms with E-state index in [2.05, 4.69) is 11.0 Å². The number of hydrogen-bond donors (Lipinski definition) is 0. The summed E-state index contributed by atoms with van der Waals surface area (Å²) in [4.78, 5) is 13.0. The Morgan fingerprint density at radius 1 is 1.13 bits per heavy atom. The van der Waals surface area contributed by atoms with E-state index < -0.39 is 23.4 Å². The molecule has 4 nitrogen and oxygen atoms in total. The third-order valence-corrected chi connectivity index (χ3v) is 5.21. The van der Waals surface area contributed by atoms with Crippen molar-refractivity contribution in [1.82, 2.24) is 4.57 Å². The first kappa shape index (κ1) is 20.5. The van der Waals surface area contributed by atoms with Crippen molar-refractivity contribution in [2.45, 2.75) is 26.6 Å². The SMILES string of the molecule is C#CCn1c(C)c(/C=C2/C(=O)N(c3ccccc3)N=C2C(F)(F)F)c2cc(C)ccc21. The molecular formula is C24H18F3N3O. The molecule has 1 aliphatic heterocycles. The summed E-state index contributed by atoms with van der Waals surface area (Å²) in [5, 5.41) is 5.14. The molecule has 156 valence electrons. The summed E-state index contributed by atoms with van der Waals surface area (Å²) in [6, 6.07) is 13.7. The number of halogens is 3. The molecule has 2 heterocycles. The second-order valence-electron chi connectivity index (χ2n) is 7.27. The molecule has 0 atom stereocenters. The van der Waals surface area contributed by atoms with Gasteiger partial charge in [0.2, 0.25) is 0 Å². The largest absolute Gasteiger partial charge is 0.435 e. The lowest BCUT2D eigenvalue weighted by molar-refractivity contribution is -0.114. The molecule has 0 fully saturated rings. The van der Waals surface area contributed by atoms with Gasteiger partial charge in [0.15, 0.2) is 5.71 Å². The van der Waals surface area contributed by atoms with E-state index in [0.717, 1.165) is 21.5 Å². The minimum absolute atomic E-state index is 0.263. The smallest absolute Gasteiger partial charge is 0.333 e. The maximum Gasteiger partial charge on any atom is 0.435 e. The van der Waals surface area contributed by atoms with Crippen LogP contribution in [0.4, 0.5) is 18.9 Å². The number of amides is 1. The lowest BCUT2D eigenvalue weighted by Crippen LogP contribution is -2.25. The number of fused-ring (bicyclic) bond motifs is 1. The van der Waals surface area contributed by atoms with Gasteiger partial charge >= 0.3 is 6.18 Å². The molecule has 2 aromatic carbocycles. The lowest BCUT2D eigenvalue weighted by atomic mass is 10.0. The van der Waals surface area contributed by atoms with Crippen LogP contribution in [0.5, 0.6) is 0 Å². The number of hydrogen-bond acceptors (Lipinski definition) is 2. The third kappa shape index (κ3) is 3.50. The standard InChI is InChI=1S/C24H18F3N3O/c1-4-12-29-16(3)18(19-13-15(2)10-11-21(19)29)14-20-22(24(25,26)27)28-30(23(20)31)17-8-6-5-7-9-17/h1,5-11,13-14H,12H2,2-3H3/b20-14+. The fourth-order valence-corrected chi connectivity index (χ4v) is 3.74. The van der Waals surface area contributed by atoms with Crippen LogP contribution in [0, 0.1) is 26.2 Å². The van der Waals surface area contributed by atoms with Gasteiger partial charge in [-0.15, -0.1) is 6.42 Å². The topological polar surface area (TPSA) is 37.6 Å². The molecule has 4 rings (SSSR count). The Kier molecular flexibility index (Phi) is 4.94. The Labute approximate surface area is 177 Å². The normalized spacial score (nSPS) is 15.6. The molecule has 0 saturated carbocycles. The van der Waals surface area contributed by atoms with Gasteiger partial charge < -0.3 is 4.57 Å². The molecule has 3 aromatic rings. The van der Waals surface area contributed by atoms with E-state index in [-0.39, 0.29) is 12.2 Å². The maximum atomic E-state index is 13.8. The first-order valence-electron chi connectivity index (χ1n) is 9.52. The minimum Gasteiger partial charge on any atom is -0.333 e. The molecule has 1 aliphatic rings. The number of para-hydroxylation sites is 1. The van der Waals surface area contributed by atoms with Crippen LogP contribution in [0.15, 0.2) is 59.2 Å². The van der Waals surface area contributed by atoms with Gasteiger partial charge in [-0.3, -0.25) is 4.79 Å². The van der Waals surface area contributed by atoms with Crippen LogP contribution in [0.3, 0.4) is 0 Å². The van der Waals surface area contributed by atoms with Crippen LogP contribution >= 0.6 is 0 Å². The number of carbonyl (C=O) groups is 1. The Morgan fingerprint density at radius 3 is 2.48 bits per heavy atom. The zero-order valence-electron chi connectivity index (χ0n) is 16.9. The highest BCUT2D eigenvalue weighted by Gasteiger charge is 2.47. The number of carbonyl (C=O) groups excluding carboxylic acids is 1. The van der Waals surface area contributed by atoms with Crippen molar-refractivity contribution in [1.29, 1.82) is 0 Å². The number of terminal acetylenes is 1. The van der Waals surface area contributed by atoms with Gasteiger partial charge in [0, 0.05) is 22.2 Å². The van der Waals surface area contributed by atoms with E-state index >= 15 is 0 Å². The lowest BCUT2D eigenvalue weighted by Gasteiger charge is -2.10. The van der Waals surface area contributed by atoms with Gasteiger partial charge in [-0.1, -0.05) is 35.7 Å². The maximum absolute atomic E-state index is 13.8. The Balaban J connectivity index is 1.94. The molecule has 0 unspecified atom stereocenters. The molecule has 1 amide bonds. The highest BCUT2D eigenvalue weighted by atomic mass is 19.4. The number of nitrogens with zero attached hydrogens (tertiary/aromatic N) is 3. The van der Waals surface area contributed by atoms with Gasteiger partial charge in [-0.2, -0.15) is 23.3 Å². The molecule has 0 N–H and O–H groups in total. The predicted molar refractivity (Wildman–Crippen MR) is 116 cm³/mol. The van der Waals surface area contributed by atoms with Crippen LogP contribution in [0.25, 0.3) is 17.0 Å². The summed E-state index contributed by atoms with van der Waals surface area (Å²) < 4.78 is 43.2. The van der Waals surface area contributed by atoms with Crippen LogP contribution in [-0.2, 0) is 11.3 Å². The first-order chi connectivity index (χ1) is 14.7. The monoisotopic (exact) mass is 421 g/mol. The molecule has 0 spiro atoms. The second kappa shape index (κ2) is 7.47. The van der Waals surface area contributed by atoms with Gasteiger partial charge in [-0.25, -0.2) is 0 Å². The van der Waals surface area contributed by atoms with Gasteiger partial charge in [0.25, 0.3) is 5.91 Å². The highest BCUT2D eigenvalue weighted by molar-refractivity contribution is 6.34. The Morgan fingerprint density at radius 2 is 1.84 bits per heavy atom. The molecule has 0 radical (unpaired) electrons. The molecule has 1 aromatic heterocycles. The second-order valence-corrected chi connectivity index (χ2v) is 7.27. The van der Waals surface area contributed by atoms with E-state index in [4.69, 9.17) is 6.42 Å². The molecule has 0 aliphatic carbocycles. The fourth-order valence-electron chi connectivity index (χ4n) is 3.74. The predicted octanol–water partition coefficient (Wildman–Crippen LogP) is 5.24. The van der Waals surface area contributed by atoms with Gasteiger partial charge in [0.05, 0.1) is 17.8 Å². The molecule has 7 heteroatoms. The summed E-state index contributed by atoms with van der Waals surface area (Å²) in [7, 11) is 0. The highest BCUT2D eigenvalue weighted by Crippen LogP contribution is 2.35. The van der Waals surface area contributed by atoms with E-state index in [1.807, 2.05) is 29.7 Å². The average Bonchev–Trinajstić information content (AvgIpc) is 3.19. The quantitative estimate of drug-likeness (QED) is 0.421. The van der Waals surface area contributed by atoms with Crippen LogP contribution in [0.1, 0.15) is 16.8 Å².